The van der Waals surface area contributed by atoms with Crippen molar-refractivity contribution in [2.24, 2.45) is 5.92 Å². The van der Waals surface area contributed by atoms with Crippen molar-refractivity contribution in [3.8, 4) is 0 Å². The molecule has 182 valence electrons. The monoisotopic (exact) mass is 470 g/mol. The van der Waals surface area contributed by atoms with Gasteiger partial charge in [-0.3, -0.25) is 9.78 Å². The summed E-state index contributed by atoms with van der Waals surface area (Å²) in [6.07, 6.45) is 0.273. The number of alkyl halides is 3. The molecule has 1 saturated carbocycles. The molecule has 2 aliphatic rings. The minimum atomic E-state index is -4.36. The van der Waals surface area contributed by atoms with Gasteiger partial charge in [0, 0.05) is 45.1 Å². The first-order valence-corrected chi connectivity index (χ1v) is 11.1. The summed E-state index contributed by atoms with van der Waals surface area (Å²) in [6, 6.07) is 2.84. The molecule has 0 radical (unpaired) electrons. The van der Waals surface area contributed by atoms with E-state index in [1.807, 2.05) is 6.07 Å². The maximum atomic E-state index is 13.2. The molecule has 10 heteroatoms. The summed E-state index contributed by atoms with van der Waals surface area (Å²) in [5.41, 5.74) is -0.334. The number of methoxy groups -OCH3 is 2. The highest BCUT2D eigenvalue weighted by Crippen LogP contribution is 2.42. The Hall–Kier alpha value is -2.17. The van der Waals surface area contributed by atoms with Crippen molar-refractivity contribution < 1.29 is 36.6 Å². The molecule has 1 aliphatic carbocycles. The van der Waals surface area contributed by atoms with Crippen molar-refractivity contribution >= 4 is 16.9 Å². The maximum Gasteiger partial charge on any atom is 0.389 e. The second-order valence-corrected chi connectivity index (χ2v) is 8.84. The molecule has 1 aliphatic heterocycles. The molecule has 2 atom stereocenters. The third-order valence-corrected chi connectivity index (χ3v) is 6.45. The number of carbonyl (C=O) groups is 1. The lowest BCUT2D eigenvalue weighted by Gasteiger charge is -2.55. The fraction of sp³-hybridized carbons (Fsp3) is 0.652. The zero-order chi connectivity index (χ0) is 23.6. The minimum Gasteiger partial charge on any atom is -0.461 e. The molecule has 3 heterocycles. The van der Waals surface area contributed by atoms with Crippen LogP contribution in [0.2, 0.25) is 0 Å². The van der Waals surface area contributed by atoms with E-state index < -0.39 is 30.1 Å². The van der Waals surface area contributed by atoms with Gasteiger partial charge in [-0.1, -0.05) is 12.8 Å². The first-order chi connectivity index (χ1) is 15.8. The Balaban J connectivity index is 1.63. The molecule has 7 nitrogen and oxygen atoms in total. The van der Waals surface area contributed by atoms with E-state index in [1.165, 1.54) is 32.0 Å². The number of pyridine rings is 1. The Morgan fingerprint density at radius 1 is 1.24 bits per heavy atom. The van der Waals surface area contributed by atoms with Gasteiger partial charge in [-0.25, -0.2) is 0 Å². The van der Waals surface area contributed by atoms with Crippen LogP contribution in [-0.2, 0) is 31.8 Å². The highest BCUT2D eigenvalue weighted by Gasteiger charge is 2.62. The second kappa shape index (κ2) is 9.60. The summed E-state index contributed by atoms with van der Waals surface area (Å²) in [6.45, 7) is -0.350. The standard InChI is InChI=1S/C23H29F3N2O5/c1-30-13-28-20(7-9-23(24,25)26)22(21(28)29,32-14-31-2)12-18-17-11-16(6-5-15-3-4-15)33-19(17)8-10-27-18/h8,10-11,15,20H,3-7,9,12-14H2,1-2H3/t20-,22+/m0/s1. The molecule has 0 N–H and O–H groups in total. The van der Waals surface area contributed by atoms with Gasteiger partial charge in [0.25, 0.3) is 5.91 Å². The Labute approximate surface area is 190 Å². The third-order valence-electron chi connectivity index (χ3n) is 6.45. The van der Waals surface area contributed by atoms with E-state index in [2.05, 4.69) is 4.98 Å². The van der Waals surface area contributed by atoms with Crippen LogP contribution in [0.5, 0.6) is 0 Å². The molecular weight excluding hydrogens is 441 g/mol. The number of likely N-dealkylation sites (tertiary alicyclic amines) is 1. The molecule has 4 rings (SSSR count). The Kier molecular flexibility index (Phi) is 6.97. The van der Waals surface area contributed by atoms with Crippen LogP contribution in [0.1, 0.15) is 43.6 Å². The van der Waals surface area contributed by atoms with Gasteiger partial charge >= 0.3 is 6.18 Å². The number of β-lactam (4-membered cyclic amide) rings is 1. The molecular formula is C23H29F3N2O5. The molecule has 2 fully saturated rings. The van der Waals surface area contributed by atoms with Crippen LogP contribution in [0.4, 0.5) is 13.2 Å². The van der Waals surface area contributed by atoms with E-state index in [0.717, 1.165) is 29.9 Å². The summed E-state index contributed by atoms with van der Waals surface area (Å²) in [7, 11) is 2.79. The number of ether oxygens (including phenoxy) is 3. The number of fused-ring (bicyclic) bond motifs is 1. The molecule has 0 aromatic carbocycles. The van der Waals surface area contributed by atoms with Crippen LogP contribution < -0.4 is 0 Å². The van der Waals surface area contributed by atoms with E-state index in [4.69, 9.17) is 18.6 Å². The predicted octanol–water partition coefficient (Wildman–Crippen LogP) is 4.23. The lowest BCUT2D eigenvalue weighted by atomic mass is 9.76. The van der Waals surface area contributed by atoms with Gasteiger partial charge in [-0.2, -0.15) is 13.2 Å². The first-order valence-electron chi connectivity index (χ1n) is 11.1. The van der Waals surface area contributed by atoms with E-state index in [-0.39, 0.29) is 26.4 Å². The number of furan rings is 1. The molecule has 1 saturated heterocycles. The SMILES string of the molecule is COCO[C@@]1(Cc2nccc3oc(CCC4CC4)cc23)C(=O)N(COC)[C@H]1CCC(F)(F)F. The normalized spacial score (nSPS) is 23.4. The fourth-order valence-electron chi connectivity index (χ4n) is 4.59. The van der Waals surface area contributed by atoms with Gasteiger partial charge in [0.05, 0.1) is 11.7 Å². The highest BCUT2D eigenvalue weighted by molar-refractivity contribution is 5.94. The highest BCUT2D eigenvalue weighted by atomic mass is 19.4. The van der Waals surface area contributed by atoms with E-state index >= 15 is 0 Å². The average molecular weight is 470 g/mol. The summed E-state index contributed by atoms with van der Waals surface area (Å²) in [5.74, 6) is 1.16. The van der Waals surface area contributed by atoms with Gasteiger partial charge in [0.2, 0.25) is 0 Å². The van der Waals surface area contributed by atoms with Crippen LogP contribution in [0.25, 0.3) is 11.0 Å². The van der Waals surface area contributed by atoms with E-state index in [1.54, 1.807) is 12.3 Å². The lowest BCUT2D eigenvalue weighted by Crippen LogP contribution is -2.76. The van der Waals surface area contributed by atoms with Crippen LogP contribution in [0, 0.1) is 5.92 Å². The molecule has 2 aromatic heterocycles. The van der Waals surface area contributed by atoms with Gasteiger partial charge in [-0.15, -0.1) is 0 Å². The Bertz CT molecular complexity index is 975. The van der Waals surface area contributed by atoms with Gasteiger partial charge < -0.3 is 23.5 Å². The number of hydrogen-bond donors (Lipinski definition) is 0. The number of aryl methyl sites for hydroxylation is 1. The summed E-state index contributed by atoms with van der Waals surface area (Å²) in [5, 5.41) is 0.747. The van der Waals surface area contributed by atoms with Crippen molar-refractivity contribution in [2.75, 3.05) is 27.7 Å². The molecule has 2 aromatic rings. The van der Waals surface area contributed by atoms with Crippen molar-refractivity contribution in [2.45, 2.75) is 62.8 Å². The second-order valence-electron chi connectivity index (χ2n) is 8.84. The minimum absolute atomic E-state index is 0.0108. The predicted molar refractivity (Wildman–Crippen MR) is 112 cm³/mol. The van der Waals surface area contributed by atoms with E-state index in [0.29, 0.717) is 11.3 Å². The molecule has 33 heavy (non-hydrogen) atoms. The van der Waals surface area contributed by atoms with Crippen molar-refractivity contribution in [3.05, 3.63) is 29.8 Å². The number of carbonyl (C=O) groups excluding carboxylic acids is 1. The topological polar surface area (TPSA) is 74.0 Å². The van der Waals surface area contributed by atoms with Crippen LogP contribution in [0.3, 0.4) is 0 Å². The molecule has 1 amide bonds. The Morgan fingerprint density at radius 2 is 2.03 bits per heavy atom. The molecule has 0 bridgehead atoms. The number of halogens is 3. The number of amides is 1. The van der Waals surface area contributed by atoms with Gasteiger partial charge in [0.15, 0.2) is 5.60 Å². The van der Waals surface area contributed by atoms with Crippen LogP contribution in [0.15, 0.2) is 22.7 Å². The smallest absolute Gasteiger partial charge is 0.389 e. The summed E-state index contributed by atoms with van der Waals surface area (Å²) in [4.78, 5) is 18.9. The van der Waals surface area contributed by atoms with Crippen LogP contribution in [-0.4, -0.2) is 61.4 Å². The zero-order valence-corrected chi connectivity index (χ0v) is 18.8. The summed E-state index contributed by atoms with van der Waals surface area (Å²) < 4.78 is 61.0. The van der Waals surface area contributed by atoms with Gasteiger partial charge in [-0.05, 0) is 30.9 Å². The fourth-order valence-corrected chi connectivity index (χ4v) is 4.59. The number of aromatic nitrogens is 1. The zero-order valence-electron chi connectivity index (χ0n) is 18.8. The largest absolute Gasteiger partial charge is 0.461 e. The van der Waals surface area contributed by atoms with Crippen LogP contribution >= 0.6 is 0 Å². The Morgan fingerprint density at radius 3 is 2.70 bits per heavy atom. The maximum absolute atomic E-state index is 13.2. The number of nitrogens with zero attached hydrogens (tertiary/aromatic N) is 2. The molecule has 0 spiro atoms. The third kappa shape index (κ3) is 5.17. The van der Waals surface area contributed by atoms with Gasteiger partial charge in [0.1, 0.15) is 24.9 Å². The summed E-state index contributed by atoms with van der Waals surface area (Å²) >= 11 is 0. The lowest BCUT2D eigenvalue weighted by molar-refractivity contribution is -0.238. The van der Waals surface area contributed by atoms with Crippen molar-refractivity contribution in [3.63, 3.8) is 0 Å². The number of hydrogen-bond acceptors (Lipinski definition) is 6. The molecule has 0 unspecified atom stereocenters. The van der Waals surface area contributed by atoms with Crippen molar-refractivity contribution in [1.82, 2.24) is 9.88 Å². The number of rotatable bonds is 12. The average Bonchev–Trinajstić information content (AvgIpc) is 3.51. The first kappa shape index (κ1) is 24.0. The van der Waals surface area contributed by atoms with E-state index in [9.17, 15) is 18.0 Å². The quantitative estimate of drug-likeness (QED) is 0.342. The van der Waals surface area contributed by atoms with Crippen molar-refractivity contribution in [1.29, 1.82) is 0 Å².